The molecule has 0 saturated carbocycles. The second kappa shape index (κ2) is 3.62. The third-order valence-corrected chi connectivity index (χ3v) is 6.15. The second-order valence-corrected chi connectivity index (χ2v) is 6.93. The maximum atomic E-state index is 10.4. The smallest absolute Gasteiger partial charge is 0.165 e. The number of hydrogen-bond acceptors (Lipinski definition) is 4. The molecule has 1 aromatic rings. The van der Waals surface area contributed by atoms with Crippen molar-refractivity contribution in [1.82, 2.24) is 4.90 Å². The number of aliphatic hydroxyl groups is 1. The lowest BCUT2D eigenvalue weighted by atomic mass is 9.53. The number of phenolic OH excluding ortho intramolecular Hbond substituents is 1. The van der Waals surface area contributed by atoms with Crippen LogP contribution in [0.1, 0.15) is 17.5 Å². The molecule has 3 unspecified atom stereocenters. The molecule has 2 aliphatic carbocycles. The number of rotatable bonds is 0. The highest BCUT2D eigenvalue weighted by Gasteiger charge is 2.64. The topological polar surface area (TPSA) is 52.9 Å². The van der Waals surface area contributed by atoms with E-state index in [0.717, 1.165) is 19.4 Å². The minimum Gasteiger partial charge on any atom is -0.504 e. The first kappa shape index (κ1) is 12.1. The predicted octanol–water partition coefficient (Wildman–Crippen LogP) is 1.20. The average Bonchev–Trinajstić information content (AvgIpc) is 2.83. The summed E-state index contributed by atoms with van der Waals surface area (Å²) in [6, 6.07) is 4.23. The summed E-state index contributed by atoms with van der Waals surface area (Å²) in [5.41, 5.74) is 2.29. The fourth-order valence-electron chi connectivity index (χ4n) is 5.24. The Morgan fingerprint density at radius 1 is 1.33 bits per heavy atom. The number of ether oxygens (including phenoxy) is 1. The van der Waals surface area contributed by atoms with Gasteiger partial charge in [0.05, 0.1) is 0 Å². The van der Waals surface area contributed by atoms with Crippen LogP contribution in [0, 0.1) is 5.92 Å². The first-order valence-electron chi connectivity index (χ1n) is 7.71. The van der Waals surface area contributed by atoms with Crippen LogP contribution in [0.25, 0.3) is 0 Å². The van der Waals surface area contributed by atoms with E-state index in [1.165, 1.54) is 11.1 Å². The van der Waals surface area contributed by atoms with Gasteiger partial charge in [0, 0.05) is 22.9 Å². The highest BCUT2D eigenvalue weighted by Crippen LogP contribution is 2.62. The van der Waals surface area contributed by atoms with Gasteiger partial charge in [-0.1, -0.05) is 18.2 Å². The zero-order valence-corrected chi connectivity index (χ0v) is 12.0. The number of phenols is 1. The lowest BCUT2D eigenvalue weighted by molar-refractivity contribution is -0.0453. The molecule has 1 saturated heterocycles. The lowest BCUT2D eigenvalue weighted by Crippen LogP contribution is -2.64. The van der Waals surface area contributed by atoms with Gasteiger partial charge in [-0.15, -0.1) is 0 Å². The molecule has 0 aromatic heterocycles. The summed E-state index contributed by atoms with van der Waals surface area (Å²) in [6.45, 7) is 1.01. The summed E-state index contributed by atoms with van der Waals surface area (Å²) in [5.74, 6) is 1.19. The molecule has 5 rings (SSSR count). The van der Waals surface area contributed by atoms with Crippen LogP contribution < -0.4 is 4.74 Å². The molecule has 4 aliphatic rings. The van der Waals surface area contributed by atoms with Gasteiger partial charge in [-0.25, -0.2) is 0 Å². The van der Waals surface area contributed by atoms with Crippen LogP contribution in [0.5, 0.6) is 11.5 Å². The van der Waals surface area contributed by atoms with E-state index >= 15 is 0 Å². The van der Waals surface area contributed by atoms with Gasteiger partial charge in [0.15, 0.2) is 11.5 Å². The first-order chi connectivity index (χ1) is 10.1. The molecule has 1 fully saturated rings. The summed E-state index contributed by atoms with van der Waals surface area (Å²) in [4.78, 5) is 2.43. The SMILES string of the molecule is CN1CC[C@@]23c4c5ccc(O)c4OC2C(O)C=CC3[C@@H]1C5. The number of likely N-dealkylation sites (tertiary alicyclic amines) is 1. The Hall–Kier alpha value is -1.52. The van der Waals surface area contributed by atoms with E-state index < -0.39 is 6.10 Å². The maximum absolute atomic E-state index is 10.4. The number of nitrogens with zero attached hydrogens (tertiary/aromatic N) is 1. The quantitative estimate of drug-likeness (QED) is 0.703. The summed E-state index contributed by atoms with van der Waals surface area (Å²) in [5, 5.41) is 20.6. The van der Waals surface area contributed by atoms with E-state index in [1.807, 2.05) is 12.1 Å². The Morgan fingerprint density at radius 3 is 3.05 bits per heavy atom. The normalized spacial score (nSPS) is 42.6. The van der Waals surface area contributed by atoms with E-state index in [-0.39, 0.29) is 17.3 Å². The summed E-state index contributed by atoms with van der Waals surface area (Å²) >= 11 is 0. The molecule has 2 N–H and O–H groups in total. The van der Waals surface area contributed by atoms with Gasteiger partial charge in [-0.3, -0.25) is 0 Å². The number of likely N-dealkylation sites (N-methyl/N-ethyl adjacent to an activating group) is 1. The van der Waals surface area contributed by atoms with Gasteiger partial charge < -0.3 is 19.8 Å². The lowest BCUT2D eigenvalue weighted by Gasteiger charge is -2.56. The van der Waals surface area contributed by atoms with Gasteiger partial charge in [-0.2, -0.15) is 0 Å². The van der Waals surface area contributed by atoms with Crippen molar-refractivity contribution in [2.45, 2.75) is 36.5 Å². The average molecular weight is 285 g/mol. The van der Waals surface area contributed by atoms with Crippen molar-refractivity contribution in [2.75, 3.05) is 13.6 Å². The van der Waals surface area contributed by atoms with Crippen LogP contribution in [-0.4, -0.2) is 47.0 Å². The van der Waals surface area contributed by atoms with Gasteiger partial charge in [0.1, 0.15) is 12.2 Å². The molecule has 110 valence electrons. The fraction of sp³-hybridized carbons (Fsp3) is 0.529. The number of piperidine rings is 1. The second-order valence-electron chi connectivity index (χ2n) is 6.93. The first-order valence-corrected chi connectivity index (χ1v) is 7.71. The molecule has 4 heteroatoms. The number of hydrogen-bond donors (Lipinski definition) is 2. The van der Waals surface area contributed by atoms with Crippen LogP contribution in [0.4, 0.5) is 0 Å². The number of aromatic hydroxyl groups is 1. The molecule has 2 heterocycles. The largest absolute Gasteiger partial charge is 0.504 e. The third-order valence-electron chi connectivity index (χ3n) is 6.15. The zero-order chi connectivity index (χ0) is 14.4. The van der Waals surface area contributed by atoms with Crippen molar-refractivity contribution < 1.29 is 14.9 Å². The van der Waals surface area contributed by atoms with Crippen LogP contribution in [-0.2, 0) is 11.8 Å². The Balaban J connectivity index is 1.84. The Labute approximate surface area is 123 Å². The third kappa shape index (κ3) is 1.21. The monoisotopic (exact) mass is 285 g/mol. The van der Waals surface area contributed by atoms with E-state index in [1.54, 1.807) is 6.07 Å². The molecule has 5 atom stereocenters. The van der Waals surface area contributed by atoms with Gasteiger partial charge >= 0.3 is 0 Å². The molecule has 4 nitrogen and oxygen atoms in total. The van der Waals surface area contributed by atoms with E-state index in [9.17, 15) is 10.2 Å². The Morgan fingerprint density at radius 2 is 2.19 bits per heavy atom. The van der Waals surface area contributed by atoms with Crippen molar-refractivity contribution in [3.63, 3.8) is 0 Å². The molecule has 2 aliphatic heterocycles. The van der Waals surface area contributed by atoms with Gasteiger partial charge in [0.2, 0.25) is 0 Å². The van der Waals surface area contributed by atoms with Gasteiger partial charge in [0.25, 0.3) is 0 Å². The number of benzene rings is 1. The molecule has 21 heavy (non-hydrogen) atoms. The highest BCUT2D eigenvalue weighted by molar-refractivity contribution is 5.61. The van der Waals surface area contributed by atoms with Crippen LogP contribution in [0.3, 0.4) is 0 Å². The minimum atomic E-state index is -0.594. The molecule has 1 aromatic carbocycles. The molecule has 0 amide bonds. The van der Waals surface area contributed by atoms with Crippen molar-refractivity contribution in [1.29, 1.82) is 0 Å². The summed E-state index contributed by atoms with van der Waals surface area (Å²) in [6.07, 6.45) is 5.18. The van der Waals surface area contributed by atoms with Gasteiger partial charge in [-0.05, 0) is 38.1 Å². The standard InChI is InChI=1S/C17H19NO3/c1-18-7-6-17-10-3-5-13(20)16(17)21-15-12(19)4-2-9(14(15)17)8-11(10)18/h2-5,10-11,13,16,19-20H,6-8H2,1H3/t10?,11-,13?,16?,17+/m0/s1. The van der Waals surface area contributed by atoms with Crippen LogP contribution in [0.15, 0.2) is 24.3 Å². The van der Waals surface area contributed by atoms with E-state index in [0.29, 0.717) is 17.7 Å². The Bertz CT molecular complexity index is 670. The Kier molecular flexibility index (Phi) is 2.08. The number of aliphatic hydroxyl groups excluding tert-OH is 1. The predicted molar refractivity (Wildman–Crippen MR) is 77.6 cm³/mol. The molecular formula is C17H19NO3. The van der Waals surface area contributed by atoms with Crippen molar-refractivity contribution in [2.24, 2.45) is 5.92 Å². The summed E-state index contributed by atoms with van der Waals surface area (Å²) in [7, 11) is 2.19. The summed E-state index contributed by atoms with van der Waals surface area (Å²) < 4.78 is 6.09. The van der Waals surface area contributed by atoms with Crippen molar-refractivity contribution >= 4 is 0 Å². The highest BCUT2D eigenvalue weighted by atomic mass is 16.5. The van der Waals surface area contributed by atoms with Crippen LogP contribution >= 0.6 is 0 Å². The minimum absolute atomic E-state index is 0.160. The van der Waals surface area contributed by atoms with E-state index in [4.69, 9.17) is 4.74 Å². The van der Waals surface area contributed by atoms with Crippen LogP contribution in [0.2, 0.25) is 0 Å². The zero-order valence-electron chi connectivity index (χ0n) is 12.0. The maximum Gasteiger partial charge on any atom is 0.165 e. The molecule has 1 spiro atoms. The van der Waals surface area contributed by atoms with E-state index in [2.05, 4.69) is 18.0 Å². The molecular weight excluding hydrogens is 266 g/mol. The molecule has 0 radical (unpaired) electrons. The van der Waals surface area contributed by atoms with Crippen molar-refractivity contribution in [3.05, 3.63) is 35.4 Å². The molecule has 2 bridgehead atoms. The fourth-order valence-corrected chi connectivity index (χ4v) is 5.24. The van der Waals surface area contributed by atoms with Crippen molar-refractivity contribution in [3.8, 4) is 11.5 Å².